The van der Waals surface area contributed by atoms with Gasteiger partial charge in [0.2, 0.25) is 0 Å². The van der Waals surface area contributed by atoms with Crippen molar-refractivity contribution in [3.05, 3.63) is 148 Å². The number of anilines is 1. The summed E-state index contributed by atoms with van der Waals surface area (Å²) in [7, 11) is 0. The predicted molar refractivity (Wildman–Crippen MR) is 164 cm³/mol. The van der Waals surface area contributed by atoms with Crippen molar-refractivity contribution in [2.75, 3.05) is 4.90 Å². The van der Waals surface area contributed by atoms with Gasteiger partial charge >= 0.3 is 0 Å². The summed E-state index contributed by atoms with van der Waals surface area (Å²) in [5, 5.41) is 13.4. The van der Waals surface area contributed by atoms with Gasteiger partial charge in [-0.15, -0.1) is 11.3 Å². The molecule has 0 saturated carbocycles. The standard InChI is InChI=1S/C35H27NO5S/c1-23-21-25(14-19-29(23)40-22-24-9-4-2-5-10-24)33(37)31-32(30-13-8-20-42-30)36(35(39)34(31)38)26-15-17-28(18-16-26)41-27-11-6-3-7-12-27/h2-21,32,37H,22H2,1H3/b33-31-. The Labute approximate surface area is 247 Å². The van der Waals surface area contributed by atoms with Crippen LogP contribution in [-0.4, -0.2) is 16.8 Å². The lowest BCUT2D eigenvalue weighted by molar-refractivity contribution is -0.132. The fraction of sp³-hybridized carbons (Fsp3) is 0.0857. The summed E-state index contributed by atoms with van der Waals surface area (Å²) in [4.78, 5) is 29.1. The minimum atomic E-state index is -0.778. The summed E-state index contributed by atoms with van der Waals surface area (Å²) in [6.07, 6.45) is 0. The van der Waals surface area contributed by atoms with E-state index in [9.17, 15) is 14.7 Å². The molecule has 1 N–H and O–H groups in total. The van der Waals surface area contributed by atoms with Crippen LogP contribution in [0.25, 0.3) is 5.76 Å². The Bertz CT molecular complexity index is 1750. The fourth-order valence-electron chi connectivity index (χ4n) is 4.96. The molecule has 0 spiro atoms. The van der Waals surface area contributed by atoms with Crippen LogP contribution >= 0.6 is 11.3 Å². The molecule has 6 rings (SSSR count). The number of ketones is 1. The van der Waals surface area contributed by atoms with Crippen LogP contribution in [-0.2, 0) is 16.2 Å². The summed E-state index contributed by atoms with van der Waals surface area (Å²) < 4.78 is 11.9. The highest BCUT2D eigenvalue weighted by Gasteiger charge is 2.47. The van der Waals surface area contributed by atoms with Gasteiger partial charge in [0, 0.05) is 16.1 Å². The highest BCUT2D eigenvalue weighted by molar-refractivity contribution is 7.10. The van der Waals surface area contributed by atoms with E-state index >= 15 is 0 Å². The number of amides is 1. The first-order valence-electron chi connectivity index (χ1n) is 13.4. The van der Waals surface area contributed by atoms with Crippen molar-refractivity contribution >= 4 is 34.5 Å². The Hall–Kier alpha value is -5.14. The maximum atomic E-state index is 13.5. The molecule has 1 atom stereocenters. The topological polar surface area (TPSA) is 76.1 Å². The number of carbonyl (C=O) groups excluding carboxylic acids is 2. The van der Waals surface area contributed by atoms with Crippen molar-refractivity contribution in [3.8, 4) is 17.2 Å². The Morgan fingerprint density at radius 3 is 2.19 bits per heavy atom. The molecular formula is C35H27NO5S. The number of aryl methyl sites for hydroxylation is 1. The fourth-order valence-corrected chi connectivity index (χ4v) is 5.79. The van der Waals surface area contributed by atoms with Gasteiger partial charge in [0.25, 0.3) is 11.7 Å². The van der Waals surface area contributed by atoms with E-state index in [1.54, 1.807) is 42.5 Å². The van der Waals surface area contributed by atoms with E-state index in [-0.39, 0.29) is 11.3 Å². The van der Waals surface area contributed by atoms with Gasteiger partial charge in [-0.3, -0.25) is 14.5 Å². The molecule has 1 unspecified atom stereocenters. The number of carbonyl (C=O) groups is 2. The van der Waals surface area contributed by atoms with Crippen molar-refractivity contribution < 1.29 is 24.2 Å². The number of aliphatic hydroxyl groups excluding tert-OH is 1. The molecule has 1 aromatic heterocycles. The summed E-state index contributed by atoms with van der Waals surface area (Å²) in [5.74, 6) is 0.290. The monoisotopic (exact) mass is 573 g/mol. The number of rotatable bonds is 8. The third-order valence-corrected chi connectivity index (χ3v) is 7.96. The molecule has 2 heterocycles. The number of benzene rings is 4. The largest absolute Gasteiger partial charge is 0.507 e. The van der Waals surface area contributed by atoms with Crippen LogP contribution in [0.2, 0.25) is 0 Å². The Morgan fingerprint density at radius 2 is 1.52 bits per heavy atom. The third-order valence-electron chi connectivity index (χ3n) is 7.04. The molecule has 5 aromatic rings. The van der Waals surface area contributed by atoms with E-state index in [1.807, 2.05) is 85.1 Å². The second kappa shape index (κ2) is 11.8. The first-order chi connectivity index (χ1) is 20.5. The predicted octanol–water partition coefficient (Wildman–Crippen LogP) is 8.05. The number of Topliss-reactive ketones (excluding diaryl/α,β-unsaturated/α-hetero) is 1. The number of nitrogens with zero attached hydrogens (tertiary/aromatic N) is 1. The summed E-state index contributed by atoms with van der Waals surface area (Å²) in [6, 6.07) is 34.4. The normalized spacial score (nSPS) is 16.0. The molecule has 42 heavy (non-hydrogen) atoms. The summed E-state index contributed by atoms with van der Waals surface area (Å²) >= 11 is 1.42. The molecule has 1 fully saturated rings. The molecule has 1 aliphatic rings. The molecule has 0 bridgehead atoms. The number of aliphatic hydroxyl groups is 1. The lowest BCUT2D eigenvalue weighted by Crippen LogP contribution is -2.29. The SMILES string of the molecule is Cc1cc(/C(O)=C2/C(=O)C(=O)N(c3ccc(Oc4ccccc4)cc3)C2c2cccs2)ccc1OCc1ccccc1. The van der Waals surface area contributed by atoms with E-state index in [0.717, 1.165) is 16.0 Å². The second-order valence-corrected chi connectivity index (χ2v) is 10.8. The summed E-state index contributed by atoms with van der Waals surface area (Å²) in [6.45, 7) is 2.29. The number of para-hydroxylation sites is 1. The van der Waals surface area contributed by atoms with E-state index in [1.165, 1.54) is 16.2 Å². The number of hydrogen-bond acceptors (Lipinski definition) is 6. The molecule has 0 radical (unpaired) electrons. The molecule has 4 aromatic carbocycles. The smallest absolute Gasteiger partial charge is 0.300 e. The number of thiophene rings is 1. The lowest BCUT2D eigenvalue weighted by atomic mass is 9.98. The molecule has 1 amide bonds. The molecule has 1 aliphatic heterocycles. The van der Waals surface area contributed by atoms with E-state index in [4.69, 9.17) is 9.47 Å². The van der Waals surface area contributed by atoms with Crippen LogP contribution < -0.4 is 14.4 Å². The van der Waals surface area contributed by atoms with Gasteiger partial charge in [-0.05, 0) is 84.1 Å². The molecule has 208 valence electrons. The first-order valence-corrected chi connectivity index (χ1v) is 14.3. The average molecular weight is 574 g/mol. The van der Waals surface area contributed by atoms with E-state index < -0.39 is 17.7 Å². The van der Waals surface area contributed by atoms with Gasteiger partial charge in [0.05, 0.1) is 5.57 Å². The van der Waals surface area contributed by atoms with Crippen LogP contribution in [0.1, 0.15) is 27.6 Å². The quantitative estimate of drug-likeness (QED) is 0.115. The van der Waals surface area contributed by atoms with Crippen molar-refractivity contribution in [2.45, 2.75) is 19.6 Å². The zero-order chi connectivity index (χ0) is 29.1. The zero-order valence-electron chi connectivity index (χ0n) is 22.8. The van der Waals surface area contributed by atoms with E-state index in [2.05, 4.69) is 0 Å². The van der Waals surface area contributed by atoms with Gasteiger partial charge in [-0.2, -0.15) is 0 Å². The second-order valence-electron chi connectivity index (χ2n) is 9.85. The Balaban J connectivity index is 1.32. The maximum absolute atomic E-state index is 13.5. The van der Waals surface area contributed by atoms with Crippen molar-refractivity contribution in [1.82, 2.24) is 0 Å². The van der Waals surface area contributed by atoms with Gasteiger partial charge in [0.1, 0.15) is 35.7 Å². The van der Waals surface area contributed by atoms with Crippen LogP contribution in [0.5, 0.6) is 17.2 Å². The molecule has 0 aliphatic carbocycles. The van der Waals surface area contributed by atoms with Crippen LogP contribution in [0.3, 0.4) is 0 Å². The van der Waals surface area contributed by atoms with Crippen LogP contribution in [0.15, 0.2) is 126 Å². The van der Waals surface area contributed by atoms with Crippen molar-refractivity contribution in [3.63, 3.8) is 0 Å². The number of ether oxygens (including phenoxy) is 2. The molecule has 1 saturated heterocycles. The minimum absolute atomic E-state index is 0.0458. The Morgan fingerprint density at radius 1 is 0.833 bits per heavy atom. The van der Waals surface area contributed by atoms with Crippen LogP contribution in [0.4, 0.5) is 5.69 Å². The molecular weight excluding hydrogens is 546 g/mol. The van der Waals surface area contributed by atoms with Gasteiger partial charge < -0.3 is 14.6 Å². The minimum Gasteiger partial charge on any atom is -0.507 e. The third kappa shape index (κ3) is 5.42. The summed E-state index contributed by atoms with van der Waals surface area (Å²) in [5.41, 5.74) is 2.84. The highest BCUT2D eigenvalue weighted by atomic mass is 32.1. The van der Waals surface area contributed by atoms with Gasteiger partial charge in [0.15, 0.2) is 0 Å². The first kappa shape index (κ1) is 27.1. The van der Waals surface area contributed by atoms with Crippen LogP contribution in [0, 0.1) is 6.92 Å². The molecule has 7 heteroatoms. The highest BCUT2D eigenvalue weighted by Crippen LogP contribution is 2.44. The van der Waals surface area contributed by atoms with Gasteiger partial charge in [-0.25, -0.2) is 0 Å². The Kier molecular flexibility index (Phi) is 7.58. The van der Waals surface area contributed by atoms with Gasteiger partial charge in [-0.1, -0.05) is 54.6 Å². The number of hydrogen-bond donors (Lipinski definition) is 1. The maximum Gasteiger partial charge on any atom is 0.300 e. The zero-order valence-corrected chi connectivity index (χ0v) is 23.6. The molecule has 6 nitrogen and oxygen atoms in total. The van der Waals surface area contributed by atoms with Crippen molar-refractivity contribution in [1.29, 1.82) is 0 Å². The van der Waals surface area contributed by atoms with Crippen molar-refractivity contribution in [2.24, 2.45) is 0 Å². The average Bonchev–Trinajstić information content (AvgIpc) is 3.64. The van der Waals surface area contributed by atoms with E-state index in [0.29, 0.717) is 35.1 Å². The lowest BCUT2D eigenvalue weighted by Gasteiger charge is -2.24.